The van der Waals surface area contributed by atoms with Gasteiger partial charge in [-0.2, -0.15) is 0 Å². The number of rotatable bonds is 6. The largest absolute Gasteiger partial charge is 0.508 e. The van der Waals surface area contributed by atoms with Crippen molar-refractivity contribution in [3.63, 3.8) is 0 Å². The first-order valence-electron chi connectivity index (χ1n) is 11.1. The highest BCUT2D eigenvalue weighted by atomic mass is 16.6. The molecule has 8 nitrogen and oxygen atoms in total. The van der Waals surface area contributed by atoms with Crippen molar-refractivity contribution in [3.05, 3.63) is 64.7 Å². The minimum Gasteiger partial charge on any atom is -0.508 e. The monoisotopic (exact) mass is 470 g/mol. The van der Waals surface area contributed by atoms with Crippen molar-refractivity contribution in [1.82, 2.24) is 0 Å². The van der Waals surface area contributed by atoms with Gasteiger partial charge in [0.15, 0.2) is 18.3 Å². The number of aromatic hydroxyl groups is 1. The van der Waals surface area contributed by atoms with Crippen LogP contribution in [0.3, 0.4) is 0 Å². The summed E-state index contributed by atoms with van der Waals surface area (Å²) in [5, 5.41) is 9.56. The van der Waals surface area contributed by atoms with E-state index in [1.165, 1.54) is 20.8 Å². The molecule has 5 atom stereocenters. The summed E-state index contributed by atoms with van der Waals surface area (Å²) in [6, 6.07) is 12.8. The average Bonchev–Trinajstić information content (AvgIpc) is 2.75. The van der Waals surface area contributed by atoms with Crippen LogP contribution in [-0.4, -0.2) is 47.4 Å². The van der Waals surface area contributed by atoms with Crippen LogP contribution in [0.25, 0.3) is 0 Å². The van der Waals surface area contributed by atoms with E-state index in [9.17, 15) is 19.5 Å². The van der Waals surface area contributed by atoms with Crippen molar-refractivity contribution < 1.29 is 38.4 Å². The van der Waals surface area contributed by atoms with Crippen molar-refractivity contribution in [2.24, 2.45) is 0 Å². The Hall–Kier alpha value is -3.39. The highest BCUT2D eigenvalue weighted by Crippen LogP contribution is 2.38. The lowest BCUT2D eigenvalue weighted by Crippen LogP contribution is -2.57. The van der Waals surface area contributed by atoms with Crippen molar-refractivity contribution in [2.45, 2.75) is 71.6 Å². The zero-order valence-electron chi connectivity index (χ0n) is 19.9. The van der Waals surface area contributed by atoms with Gasteiger partial charge in [0.05, 0.1) is 6.10 Å². The fourth-order valence-corrected chi connectivity index (χ4v) is 4.17. The van der Waals surface area contributed by atoms with Crippen LogP contribution >= 0.6 is 0 Å². The van der Waals surface area contributed by atoms with Crippen LogP contribution in [-0.2, 0) is 39.8 Å². The summed E-state index contributed by atoms with van der Waals surface area (Å²) < 4.78 is 22.7. The third kappa shape index (κ3) is 6.14. The van der Waals surface area contributed by atoms with Crippen LogP contribution in [0.4, 0.5) is 0 Å². The summed E-state index contributed by atoms with van der Waals surface area (Å²) in [4.78, 5) is 35.6. The van der Waals surface area contributed by atoms with E-state index in [0.29, 0.717) is 6.42 Å². The molecule has 1 saturated heterocycles. The molecule has 2 aromatic rings. The first kappa shape index (κ1) is 25.2. The van der Waals surface area contributed by atoms with E-state index in [1.54, 1.807) is 19.1 Å². The molecule has 0 amide bonds. The minimum absolute atomic E-state index is 0.196. The fraction of sp³-hybridized carbons (Fsp3) is 0.423. The molecule has 182 valence electrons. The van der Waals surface area contributed by atoms with Crippen molar-refractivity contribution in [2.75, 3.05) is 0 Å². The molecule has 2 aromatic carbocycles. The van der Waals surface area contributed by atoms with E-state index in [0.717, 1.165) is 22.3 Å². The smallest absolute Gasteiger partial charge is 0.303 e. The molecule has 0 aromatic heterocycles. The van der Waals surface area contributed by atoms with Gasteiger partial charge in [-0.25, -0.2) is 0 Å². The zero-order valence-corrected chi connectivity index (χ0v) is 19.9. The third-order valence-corrected chi connectivity index (χ3v) is 5.71. The van der Waals surface area contributed by atoms with Crippen molar-refractivity contribution in [1.29, 1.82) is 0 Å². The molecule has 0 saturated carbocycles. The zero-order chi connectivity index (χ0) is 25.0. The average molecular weight is 471 g/mol. The Bertz CT molecular complexity index is 1050. The van der Waals surface area contributed by atoms with Crippen LogP contribution in [0.5, 0.6) is 5.75 Å². The van der Waals surface area contributed by atoms with Crippen LogP contribution in [0.2, 0.25) is 0 Å². The lowest BCUT2D eigenvalue weighted by Gasteiger charge is -2.44. The van der Waals surface area contributed by atoms with Gasteiger partial charge in [-0.15, -0.1) is 0 Å². The van der Waals surface area contributed by atoms with Crippen LogP contribution in [0, 0.1) is 6.92 Å². The van der Waals surface area contributed by atoms with Gasteiger partial charge in [-0.3, -0.25) is 14.4 Å². The first-order valence-corrected chi connectivity index (χ1v) is 11.1. The number of esters is 3. The Morgan fingerprint density at radius 3 is 2.00 bits per heavy atom. The second-order valence-electron chi connectivity index (χ2n) is 8.51. The summed E-state index contributed by atoms with van der Waals surface area (Å²) in [6.45, 7) is 7.46. The molecule has 0 bridgehead atoms. The Morgan fingerprint density at radius 2 is 1.41 bits per heavy atom. The molecule has 1 aliphatic rings. The Morgan fingerprint density at radius 1 is 0.853 bits per heavy atom. The molecule has 8 heteroatoms. The molecule has 0 radical (unpaired) electrons. The molecule has 0 unspecified atom stereocenters. The third-order valence-electron chi connectivity index (χ3n) is 5.71. The summed E-state index contributed by atoms with van der Waals surface area (Å²) in [5.74, 6) is -1.54. The Kier molecular flexibility index (Phi) is 7.94. The quantitative estimate of drug-likeness (QED) is 0.504. The minimum atomic E-state index is -1.04. The van der Waals surface area contributed by atoms with E-state index in [-0.39, 0.29) is 5.75 Å². The number of hydrogen-bond donors (Lipinski definition) is 1. The maximum atomic E-state index is 12.0. The van der Waals surface area contributed by atoms with E-state index < -0.39 is 48.4 Å². The lowest BCUT2D eigenvalue weighted by atomic mass is 9.88. The number of ether oxygens (including phenoxy) is 4. The van der Waals surface area contributed by atoms with Gasteiger partial charge in [-0.1, -0.05) is 30.3 Å². The highest BCUT2D eigenvalue weighted by molar-refractivity contribution is 5.68. The van der Waals surface area contributed by atoms with Gasteiger partial charge < -0.3 is 24.1 Å². The maximum absolute atomic E-state index is 12.0. The molecular weight excluding hydrogens is 440 g/mol. The SMILES string of the molecule is CC(=O)O[C@@H]1[C@@H](OC(C)=O)[C@H](c2ccc(C)c(Cc3ccc(O)cc3)c2)O[C@H](C)[C@H]1OC(C)=O. The van der Waals surface area contributed by atoms with Gasteiger partial charge in [0, 0.05) is 20.8 Å². The maximum Gasteiger partial charge on any atom is 0.303 e. The molecule has 1 N–H and O–H groups in total. The van der Waals surface area contributed by atoms with Gasteiger partial charge in [0.1, 0.15) is 11.9 Å². The number of hydrogen-bond acceptors (Lipinski definition) is 8. The van der Waals surface area contributed by atoms with Crippen molar-refractivity contribution in [3.8, 4) is 5.75 Å². The molecule has 1 heterocycles. The summed E-state index contributed by atoms with van der Waals surface area (Å²) >= 11 is 0. The lowest BCUT2D eigenvalue weighted by molar-refractivity contribution is -0.245. The molecule has 3 rings (SSSR count). The second-order valence-corrected chi connectivity index (χ2v) is 8.51. The topological polar surface area (TPSA) is 108 Å². The van der Waals surface area contributed by atoms with E-state index >= 15 is 0 Å². The molecule has 34 heavy (non-hydrogen) atoms. The molecule has 1 fully saturated rings. The second kappa shape index (κ2) is 10.7. The standard InChI is InChI=1S/C26H30O8/c1-14-6-9-20(13-21(14)12-19-7-10-22(30)11-8-19)24-26(34-18(5)29)25(33-17(4)28)23(15(2)31-24)32-16(3)27/h6-11,13,15,23-26,30H,12H2,1-5H3/t15-,23-,24+,25+,26+/m1/s1. The van der Waals surface area contributed by atoms with Gasteiger partial charge in [0.25, 0.3) is 0 Å². The summed E-state index contributed by atoms with van der Waals surface area (Å²) in [5.41, 5.74) is 3.82. The molecule has 0 spiro atoms. The van der Waals surface area contributed by atoms with E-state index in [1.807, 2.05) is 37.3 Å². The Balaban J connectivity index is 2.00. The van der Waals surface area contributed by atoms with Crippen LogP contribution in [0.1, 0.15) is 56.1 Å². The Labute approximate surface area is 198 Å². The predicted molar refractivity (Wildman–Crippen MR) is 122 cm³/mol. The highest BCUT2D eigenvalue weighted by Gasteiger charge is 2.50. The van der Waals surface area contributed by atoms with Crippen LogP contribution in [0.15, 0.2) is 42.5 Å². The summed E-state index contributed by atoms with van der Waals surface area (Å²) in [6.07, 6.45) is -3.78. The number of phenolic OH excluding ortho intramolecular Hbond substituents is 1. The normalized spacial score (nSPS) is 24.2. The van der Waals surface area contributed by atoms with Crippen LogP contribution < -0.4 is 0 Å². The van der Waals surface area contributed by atoms with E-state index in [2.05, 4.69) is 0 Å². The number of carbonyl (C=O) groups excluding carboxylic acids is 3. The molecule has 1 aliphatic heterocycles. The van der Waals surface area contributed by atoms with Gasteiger partial charge in [0.2, 0.25) is 0 Å². The molecule has 0 aliphatic carbocycles. The first-order chi connectivity index (χ1) is 16.0. The number of aryl methyl sites for hydroxylation is 1. The molecular formula is C26H30O8. The summed E-state index contributed by atoms with van der Waals surface area (Å²) in [7, 11) is 0. The predicted octanol–water partition coefficient (Wildman–Crippen LogP) is 3.55. The van der Waals surface area contributed by atoms with Gasteiger partial charge in [-0.05, 0) is 54.7 Å². The van der Waals surface area contributed by atoms with Gasteiger partial charge >= 0.3 is 17.9 Å². The van der Waals surface area contributed by atoms with Crippen molar-refractivity contribution >= 4 is 17.9 Å². The number of phenols is 1. The van der Waals surface area contributed by atoms with E-state index in [4.69, 9.17) is 18.9 Å². The number of carbonyl (C=O) groups is 3. The number of benzene rings is 2. The fourth-order valence-electron chi connectivity index (χ4n) is 4.17.